The van der Waals surface area contributed by atoms with Crippen LogP contribution in [-0.4, -0.2) is 38.2 Å². The second-order valence-electron chi connectivity index (χ2n) is 6.79. The van der Waals surface area contributed by atoms with Gasteiger partial charge in [0.25, 0.3) is 0 Å². The second-order valence-corrected chi connectivity index (χ2v) is 8.96. The Bertz CT molecular complexity index is 1120. The number of hydrogen-bond acceptors (Lipinski definition) is 8. The van der Waals surface area contributed by atoms with E-state index in [4.69, 9.17) is 0 Å². The van der Waals surface area contributed by atoms with Crippen LogP contribution >= 0.6 is 23.3 Å². The average Bonchev–Trinajstić information content (AvgIpc) is 3.27. The summed E-state index contributed by atoms with van der Waals surface area (Å²) in [5.41, 5.74) is 4.24. The number of nitrogens with zero attached hydrogens (tertiary/aromatic N) is 4. The molecule has 0 atom stereocenters. The summed E-state index contributed by atoms with van der Waals surface area (Å²) in [6, 6.07) is 10.0. The van der Waals surface area contributed by atoms with Gasteiger partial charge in [-0.05, 0) is 62.2 Å². The number of nitrogens with one attached hydrogen (secondary N) is 2. The van der Waals surface area contributed by atoms with E-state index in [1.54, 1.807) is 16.9 Å². The first kappa shape index (κ1) is 20.5. The molecule has 4 aromatic heterocycles. The van der Waals surface area contributed by atoms with Gasteiger partial charge in [0.2, 0.25) is 0 Å². The molecule has 154 valence electrons. The average molecular weight is 439 g/mol. The highest BCUT2D eigenvalue weighted by Crippen LogP contribution is 2.34. The molecule has 0 saturated heterocycles. The van der Waals surface area contributed by atoms with Gasteiger partial charge in [0.15, 0.2) is 11.3 Å². The molecule has 0 amide bonds. The summed E-state index contributed by atoms with van der Waals surface area (Å²) < 4.78 is 5.15. The number of carbonyl (C=O) groups excluding carboxylic acids is 1. The fourth-order valence-corrected chi connectivity index (χ4v) is 4.21. The smallest absolute Gasteiger partial charge is 0.178 e. The molecule has 0 radical (unpaired) electrons. The lowest BCUT2D eigenvalue weighted by molar-refractivity contribution is 0.112. The van der Waals surface area contributed by atoms with Crippen molar-refractivity contribution in [2.24, 2.45) is 0 Å². The van der Waals surface area contributed by atoms with Crippen molar-refractivity contribution in [1.29, 1.82) is 0 Å². The molecule has 7 nitrogen and oxygen atoms in total. The highest BCUT2D eigenvalue weighted by molar-refractivity contribution is 8.01. The third-order valence-electron chi connectivity index (χ3n) is 4.33. The van der Waals surface area contributed by atoms with E-state index in [9.17, 15) is 4.79 Å². The van der Waals surface area contributed by atoms with Crippen LogP contribution in [0.1, 0.15) is 28.3 Å². The second kappa shape index (κ2) is 9.84. The molecule has 0 bridgehead atoms. The van der Waals surface area contributed by atoms with Gasteiger partial charge in [0.1, 0.15) is 0 Å². The van der Waals surface area contributed by atoms with E-state index < -0.39 is 0 Å². The van der Waals surface area contributed by atoms with E-state index in [1.165, 1.54) is 24.2 Å². The summed E-state index contributed by atoms with van der Waals surface area (Å²) in [7, 11) is 1.93. The van der Waals surface area contributed by atoms with E-state index >= 15 is 0 Å². The topological polar surface area (TPSA) is 84.2 Å². The van der Waals surface area contributed by atoms with Crippen LogP contribution in [0.25, 0.3) is 16.0 Å². The summed E-state index contributed by atoms with van der Waals surface area (Å²) >= 11 is 3.19. The quantitative estimate of drug-likeness (QED) is 0.329. The monoisotopic (exact) mass is 438 g/mol. The molecule has 0 aliphatic heterocycles. The standard InChI is InChI=1S/C11H7N3OS.C10H15N3S/c15-7-11-12-6-10(16-11)8-4-9-2-1-3-14(9)13-5-8;1-11-7-9-6-8(4-5-12-9)13-14-10-2-3-10/h1-7H;4-6,10-11H,2-3,7H2,1H3,(H,12,13). The van der Waals surface area contributed by atoms with E-state index in [0.29, 0.717) is 5.01 Å². The first-order valence-corrected chi connectivity index (χ1v) is 11.3. The van der Waals surface area contributed by atoms with Gasteiger partial charge in [-0.3, -0.25) is 9.78 Å². The molecule has 4 aromatic rings. The molecule has 1 aliphatic rings. The van der Waals surface area contributed by atoms with Crippen LogP contribution in [0.3, 0.4) is 0 Å². The van der Waals surface area contributed by atoms with Gasteiger partial charge in [0, 0.05) is 41.6 Å². The predicted octanol–water partition coefficient (Wildman–Crippen LogP) is 4.29. The van der Waals surface area contributed by atoms with Crippen molar-refractivity contribution in [3.05, 3.63) is 65.8 Å². The predicted molar refractivity (Wildman–Crippen MR) is 123 cm³/mol. The summed E-state index contributed by atoms with van der Waals surface area (Å²) in [6.45, 7) is 0.823. The largest absolute Gasteiger partial charge is 0.329 e. The Hall–Kier alpha value is -2.75. The highest BCUT2D eigenvalue weighted by Gasteiger charge is 2.21. The Morgan fingerprint density at radius 2 is 2.17 bits per heavy atom. The van der Waals surface area contributed by atoms with E-state index in [2.05, 4.69) is 31.2 Å². The van der Waals surface area contributed by atoms with Gasteiger partial charge in [0.05, 0.1) is 22.3 Å². The van der Waals surface area contributed by atoms with Gasteiger partial charge in [-0.2, -0.15) is 5.10 Å². The molecule has 30 heavy (non-hydrogen) atoms. The number of hydrogen-bond donors (Lipinski definition) is 2. The molecule has 0 spiro atoms. The molecule has 2 N–H and O–H groups in total. The molecule has 1 fully saturated rings. The number of fused-ring (bicyclic) bond motifs is 1. The van der Waals surface area contributed by atoms with Crippen molar-refractivity contribution < 1.29 is 4.79 Å². The molecule has 1 aliphatic carbocycles. The lowest BCUT2D eigenvalue weighted by Gasteiger charge is -2.05. The molecule has 5 rings (SSSR count). The first-order chi connectivity index (χ1) is 14.7. The zero-order valence-corrected chi connectivity index (χ0v) is 18.1. The Kier molecular flexibility index (Phi) is 6.73. The summed E-state index contributed by atoms with van der Waals surface area (Å²) in [6.07, 6.45) is 10.7. The van der Waals surface area contributed by atoms with Crippen LogP contribution in [0.15, 0.2) is 55.1 Å². The maximum absolute atomic E-state index is 10.6. The van der Waals surface area contributed by atoms with E-state index in [1.807, 2.05) is 55.7 Å². The number of thiazole rings is 1. The number of pyridine rings is 1. The van der Waals surface area contributed by atoms with Crippen LogP contribution < -0.4 is 10.0 Å². The summed E-state index contributed by atoms with van der Waals surface area (Å²) in [5.74, 6) is 0. The number of aromatic nitrogens is 4. The fraction of sp³-hybridized carbons (Fsp3) is 0.238. The van der Waals surface area contributed by atoms with Gasteiger partial charge < -0.3 is 10.0 Å². The number of aldehydes is 1. The zero-order valence-electron chi connectivity index (χ0n) is 16.5. The number of carbonyl (C=O) groups is 1. The Morgan fingerprint density at radius 1 is 1.27 bits per heavy atom. The molecular weight excluding hydrogens is 416 g/mol. The molecule has 1 saturated carbocycles. The maximum atomic E-state index is 10.6. The fourth-order valence-electron chi connectivity index (χ4n) is 2.69. The van der Waals surface area contributed by atoms with Gasteiger partial charge >= 0.3 is 0 Å². The highest BCUT2D eigenvalue weighted by atomic mass is 32.2. The van der Waals surface area contributed by atoms with Crippen molar-refractivity contribution in [1.82, 2.24) is 24.9 Å². The summed E-state index contributed by atoms with van der Waals surface area (Å²) in [5, 5.41) is 8.67. The number of anilines is 1. The Balaban J connectivity index is 0.000000147. The minimum absolute atomic E-state index is 0.491. The normalized spacial score (nSPS) is 13.0. The lowest BCUT2D eigenvalue weighted by atomic mass is 10.2. The lowest BCUT2D eigenvalue weighted by Crippen LogP contribution is -2.06. The van der Waals surface area contributed by atoms with Crippen LogP contribution in [-0.2, 0) is 6.54 Å². The third-order valence-corrected chi connectivity index (χ3v) is 6.46. The zero-order chi connectivity index (χ0) is 20.8. The number of rotatable bonds is 7. The summed E-state index contributed by atoms with van der Waals surface area (Å²) in [4.78, 5) is 19.8. The van der Waals surface area contributed by atoms with Crippen molar-refractivity contribution in [2.45, 2.75) is 24.6 Å². The minimum atomic E-state index is 0.491. The van der Waals surface area contributed by atoms with Crippen LogP contribution in [0.4, 0.5) is 5.69 Å². The molecule has 4 heterocycles. The Morgan fingerprint density at radius 3 is 2.93 bits per heavy atom. The van der Waals surface area contributed by atoms with Crippen LogP contribution in [0.5, 0.6) is 0 Å². The van der Waals surface area contributed by atoms with Crippen LogP contribution in [0.2, 0.25) is 0 Å². The molecule has 0 unspecified atom stereocenters. The van der Waals surface area contributed by atoms with Crippen molar-refractivity contribution in [3.63, 3.8) is 0 Å². The molecule has 0 aromatic carbocycles. The third kappa shape index (κ3) is 5.44. The van der Waals surface area contributed by atoms with Crippen molar-refractivity contribution in [3.8, 4) is 10.4 Å². The molecular formula is C21H22N6OS2. The Labute approximate surface area is 183 Å². The van der Waals surface area contributed by atoms with E-state index in [-0.39, 0.29) is 0 Å². The van der Waals surface area contributed by atoms with Crippen molar-refractivity contribution >= 4 is 40.8 Å². The van der Waals surface area contributed by atoms with E-state index in [0.717, 1.165) is 45.4 Å². The van der Waals surface area contributed by atoms with Gasteiger partial charge in [-0.15, -0.1) is 11.3 Å². The molecule has 9 heteroatoms. The SMILES string of the molecule is CNCc1cc(NSC2CC2)ccn1.O=Cc1ncc(-c2cnn3cccc3c2)s1. The van der Waals surface area contributed by atoms with Crippen molar-refractivity contribution in [2.75, 3.05) is 11.8 Å². The van der Waals surface area contributed by atoms with Gasteiger partial charge in [-0.25, -0.2) is 9.50 Å². The van der Waals surface area contributed by atoms with Gasteiger partial charge in [-0.1, -0.05) is 0 Å². The minimum Gasteiger partial charge on any atom is -0.329 e. The maximum Gasteiger partial charge on any atom is 0.178 e. The first-order valence-electron chi connectivity index (χ1n) is 9.61. The van der Waals surface area contributed by atoms with Crippen LogP contribution in [0, 0.1) is 0 Å².